The fourth-order valence-electron chi connectivity index (χ4n) is 5.46. The maximum Gasteiger partial charge on any atom is 0.226 e. The molecule has 2 N–H and O–H groups in total. The predicted octanol–water partition coefficient (Wildman–Crippen LogP) is 6.71. The van der Waals surface area contributed by atoms with Gasteiger partial charge in [0.15, 0.2) is 5.11 Å². The summed E-state index contributed by atoms with van der Waals surface area (Å²) in [6.45, 7) is 6.74. The van der Waals surface area contributed by atoms with Gasteiger partial charge in [-0.1, -0.05) is 54.9 Å². The van der Waals surface area contributed by atoms with Crippen molar-refractivity contribution in [2.75, 3.05) is 11.9 Å². The van der Waals surface area contributed by atoms with Crippen LogP contribution < -0.4 is 10.6 Å². The van der Waals surface area contributed by atoms with Gasteiger partial charge < -0.3 is 20.1 Å². The first kappa shape index (κ1) is 26.9. The van der Waals surface area contributed by atoms with Crippen LogP contribution in [0.1, 0.15) is 53.6 Å². The van der Waals surface area contributed by atoms with E-state index < -0.39 is 0 Å². The molecule has 3 heterocycles. The third-order valence-corrected chi connectivity index (χ3v) is 8.00. The van der Waals surface area contributed by atoms with Crippen LogP contribution in [0.15, 0.2) is 79.0 Å². The molecule has 1 amide bonds. The minimum atomic E-state index is -0.164. The zero-order chi connectivity index (χ0) is 27.5. The predicted molar refractivity (Wildman–Crippen MR) is 161 cm³/mol. The summed E-state index contributed by atoms with van der Waals surface area (Å²) in [5, 5.41) is 7.88. The van der Waals surface area contributed by atoms with Crippen LogP contribution >= 0.6 is 23.8 Å². The maximum atomic E-state index is 13.1. The second-order valence-corrected chi connectivity index (χ2v) is 10.5. The van der Waals surface area contributed by atoms with Crippen molar-refractivity contribution in [2.45, 2.75) is 45.7 Å². The van der Waals surface area contributed by atoms with Crippen LogP contribution in [0.5, 0.6) is 0 Å². The number of aromatic nitrogens is 2. The van der Waals surface area contributed by atoms with Crippen LogP contribution in [0.2, 0.25) is 5.02 Å². The van der Waals surface area contributed by atoms with E-state index in [1.54, 1.807) is 6.20 Å². The lowest BCUT2D eigenvalue weighted by Crippen LogP contribution is -2.33. The van der Waals surface area contributed by atoms with Crippen LogP contribution in [0.3, 0.4) is 0 Å². The fourth-order valence-corrected chi connectivity index (χ4v) is 6.01. The Balaban J connectivity index is 1.47. The van der Waals surface area contributed by atoms with E-state index in [1.807, 2.05) is 66.7 Å². The van der Waals surface area contributed by atoms with E-state index in [-0.39, 0.29) is 18.0 Å². The number of aryl methyl sites for hydroxylation is 2. The summed E-state index contributed by atoms with van der Waals surface area (Å²) in [5.74, 6) is -0.0414. The Bertz CT molecular complexity index is 1500. The zero-order valence-corrected chi connectivity index (χ0v) is 23.9. The third-order valence-electron chi connectivity index (χ3n) is 7.33. The van der Waals surface area contributed by atoms with Crippen molar-refractivity contribution < 1.29 is 4.79 Å². The first-order valence-electron chi connectivity index (χ1n) is 13.2. The Labute approximate surface area is 240 Å². The minimum Gasteiger partial charge on any atom is -0.352 e. The number of hydrogen-bond acceptors (Lipinski definition) is 3. The van der Waals surface area contributed by atoms with E-state index in [9.17, 15) is 4.79 Å². The van der Waals surface area contributed by atoms with Gasteiger partial charge in [0.2, 0.25) is 5.91 Å². The number of hydrogen-bond donors (Lipinski definition) is 2. The largest absolute Gasteiger partial charge is 0.352 e. The molecule has 0 unspecified atom stereocenters. The molecule has 6 nitrogen and oxygen atoms in total. The van der Waals surface area contributed by atoms with Crippen molar-refractivity contribution in [1.29, 1.82) is 0 Å². The third kappa shape index (κ3) is 5.42. The van der Waals surface area contributed by atoms with Gasteiger partial charge >= 0.3 is 0 Å². The smallest absolute Gasteiger partial charge is 0.226 e. The van der Waals surface area contributed by atoms with Gasteiger partial charge in [-0.3, -0.25) is 9.78 Å². The van der Waals surface area contributed by atoms with Crippen molar-refractivity contribution in [3.8, 4) is 5.69 Å². The van der Waals surface area contributed by atoms with E-state index in [2.05, 4.69) is 51.9 Å². The number of nitrogens with one attached hydrogen (secondary N) is 2. The van der Waals surface area contributed by atoms with Crippen molar-refractivity contribution in [2.24, 2.45) is 0 Å². The number of carbonyl (C=O) groups is 1. The lowest BCUT2D eigenvalue weighted by atomic mass is 9.96. The zero-order valence-electron chi connectivity index (χ0n) is 22.3. The molecule has 0 aliphatic carbocycles. The van der Waals surface area contributed by atoms with Gasteiger partial charge in [-0.15, -0.1) is 0 Å². The second kappa shape index (κ2) is 11.6. The first-order valence-corrected chi connectivity index (χ1v) is 14.0. The molecule has 1 fully saturated rings. The molecule has 0 spiro atoms. The van der Waals surface area contributed by atoms with Crippen LogP contribution in [0, 0.1) is 13.8 Å². The highest BCUT2D eigenvalue weighted by atomic mass is 35.5. The molecule has 0 bridgehead atoms. The van der Waals surface area contributed by atoms with E-state index in [1.165, 1.54) is 0 Å². The Kier molecular flexibility index (Phi) is 8.00. The number of pyridine rings is 1. The summed E-state index contributed by atoms with van der Waals surface area (Å²) >= 11 is 12.4. The van der Waals surface area contributed by atoms with Crippen molar-refractivity contribution >= 4 is 40.5 Å². The van der Waals surface area contributed by atoms with Gasteiger partial charge in [0.1, 0.15) is 0 Å². The normalized spacial score (nSPS) is 16.8. The SMILES string of the molecule is CCc1ccccc1NC(=O)CCN1C(=S)N[C@H](c2ccccn2)[C@@H]1c1cc(C)n(-c2ccccc2Cl)c1C. The number of anilines is 1. The molecule has 1 aliphatic rings. The van der Waals surface area contributed by atoms with Crippen LogP contribution in [0.4, 0.5) is 5.69 Å². The second-order valence-electron chi connectivity index (χ2n) is 9.74. The Morgan fingerprint density at radius 1 is 1.08 bits per heavy atom. The molecule has 39 heavy (non-hydrogen) atoms. The average Bonchev–Trinajstić information content (AvgIpc) is 3.42. The molecule has 2 aromatic carbocycles. The number of benzene rings is 2. The van der Waals surface area contributed by atoms with Crippen LogP contribution in [-0.4, -0.2) is 32.0 Å². The fraction of sp³-hybridized carbons (Fsp3) is 0.258. The van der Waals surface area contributed by atoms with E-state index in [0.717, 1.165) is 46.0 Å². The lowest BCUT2D eigenvalue weighted by molar-refractivity contribution is -0.116. The molecule has 8 heteroatoms. The monoisotopic (exact) mass is 557 g/mol. The number of nitrogens with zero attached hydrogens (tertiary/aromatic N) is 3. The topological polar surface area (TPSA) is 62.2 Å². The van der Waals surface area contributed by atoms with Gasteiger partial charge in [-0.2, -0.15) is 0 Å². The maximum absolute atomic E-state index is 13.1. The minimum absolute atomic E-state index is 0.0414. The number of thiocarbonyl (C=S) groups is 1. The standard InChI is InChI=1S/C31H32ClN5OS/c1-4-22-11-5-7-13-25(22)34-28(38)16-18-36-30(29(35-31(36)39)26-14-9-10-17-33-26)23-19-20(2)37(21(23)3)27-15-8-6-12-24(27)32/h5-15,17,19,29-30H,4,16,18H2,1-3H3,(H,34,38)(H,35,39)/t29-,30+/m1/s1. The summed E-state index contributed by atoms with van der Waals surface area (Å²) < 4.78 is 2.18. The van der Waals surface area contributed by atoms with Gasteiger partial charge in [-0.25, -0.2) is 0 Å². The van der Waals surface area contributed by atoms with E-state index in [0.29, 0.717) is 23.1 Å². The molecule has 0 radical (unpaired) electrons. The quantitative estimate of drug-likeness (QED) is 0.236. The Hall–Kier alpha value is -3.68. The summed E-state index contributed by atoms with van der Waals surface area (Å²) in [4.78, 5) is 19.8. The highest BCUT2D eigenvalue weighted by Gasteiger charge is 2.41. The molecule has 2 aromatic heterocycles. The molecule has 2 atom stereocenters. The highest BCUT2D eigenvalue weighted by molar-refractivity contribution is 7.80. The molecular weight excluding hydrogens is 526 g/mol. The number of carbonyl (C=O) groups excluding carboxylic acids is 1. The molecule has 200 valence electrons. The Morgan fingerprint density at radius 2 is 1.82 bits per heavy atom. The molecule has 4 aromatic rings. The van der Waals surface area contributed by atoms with Crippen molar-refractivity contribution in [3.05, 3.63) is 112 Å². The van der Waals surface area contributed by atoms with Crippen LogP contribution in [-0.2, 0) is 11.2 Å². The van der Waals surface area contributed by atoms with Gasteiger partial charge in [-0.05, 0) is 80.0 Å². The summed E-state index contributed by atoms with van der Waals surface area (Å²) in [5.41, 5.74) is 7.07. The molecule has 5 rings (SSSR count). The summed E-state index contributed by atoms with van der Waals surface area (Å²) in [6, 6.07) is 23.6. The van der Waals surface area contributed by atoms with E-state index >= 15 is 0 Å². The summed E-state index contributed by atoms with van der Waals surface area (Å²) in [6.07, 6.45) is 2.95. The molecule has 1 saturated heterocycles. The Morgan fingerprint density at radius 3 is 2.56 bits per heavy atom. The van der Waals surface area contributed by atoms with Crippen molar-refractivity contribution in [1.82, 2.24) is 19.8 Å². The summed E-state index contributed by atoms with van der Waals surface area (Å²) in [7, 11) is 0. The molecular formula is C31H32ClN5OS. The van der Waals surface area contributed by atoms with E-state index in [4.69, 9.17) is 23.8 Å². The first-order chi connectivity index (χ1) is 18.9. The number of para-hydroxylation sites is 2. The van der Waals surface area contributed by atoms with Gasteiger partial charge in [0.05, 0.1) is 28.5 Å². The molecule has 1 aliphatic heterocycles. The van der Waals surface area contributed by atoms with Gasteiger partial charge in [0.25, 0.3) is 0 Å². The molecule has 0 saturated carbocycles. The van der Waals surface area contributed by atoms with Gasteiger partial charge in [0, 0.05) is 36.2 Å². The average molecular weight is 558 g/mol. The van der Waals surface area contributed by atoms with Crippen molar-refractivity contribution in [3.63, 3.8) is 0 Å². The number of amides is 1. The van der Waals surface area contributed by atoms with Crippen LogP contribution in [0.25, 0.3) is 5.69 Å². The lowest BCUT2D eigenvalue weighted by Gasteiger charge is -2.28. The number of halogens is 1. The number of rotatable bonds is 8. The highest BCUT2D eigenvalue weighted by Crippen LogP contribution is 2.42.